The molecule has 1 rings (SSSR count). The minimum absolute atomic E-state index is 0. The molecule has 0 aromatic heterocycles. The van der Waals surface area contributed by atoms with Gasteiger partial charge in [-0.25, -0.2) is 0 Å². The fourth-order valence-corrected chi connectivity index (χ4v) is 1.31. The molecular weight excluding hydrogens is 467 g/mol. The largest absolute Gasteiger partial charge is 3.00 e. The van der Waals surface area contributed by atoms with Gasteiger partial charge in [0.05, 0.1) is 0 Å². The maximum Gasteiger partial charge on any atom is 3.00 e. The van der Waals surface area contributed by atoms with E-state index >= 15 is 0 Å². The van der Waals surface area contributed by atoms with Crippen molar-refractivity contribution in [2.75, 3.05) is 13.1 Å². The van der Waals surface area contributed by atoms with Gasteiger partial charge in [0.2, 0.25) is 0 Å². The van der Waals surface area contributed by atoms with Crippen molar-refractivity contribution in [1.82, 2.24) is 0 Å². The van der Waals surface area contributed by atoms with Gasteiger partial charge in [-0.3, -0.25) is 0 Å². The van der Waals surface area contributed by atoms with Crippen LogP contribution in [-0.4, -0.2) is 25.2 Å². The molecule has 0 saturated heterocycles. The van der Waals surface area contributed by atoms with E-state index in [1.165, 1.54) is 12.8 Å². The van der Waals surface area contributed by atoms with Crippen molar-refractivity contribution in [3.05, 3.63) is 0 Å². The van der Waals surface area contributed by atoms with E-state index in [0.717, 1.165) is 32.4 Å². The van der Waals surface area contributed by atoms with E-state index < -0.39 is 0 Å². The van der Waals surface area contributed by atoms with Crippen molar-refractivity contribution in [3.8, 4) is 0 Å². The molecule has 0 radical (unpaired) electrons. The molecule has 8 N–H and O–H groups in total. The smallest absolute Gasteiger partial charge is 1.00 e. The summed E-state index contributed by atoms with van der Waals surface area (Å²) in [5.41, 5.74) is 21.4. The van der Waals surface area contributed by atoms with Gasteiger partial charge in [-0.1, -0.05) is 12.8 Å². The van der Waals surface area contributed by atoms with E-state index in [0.29, 0.717) is 0 Å². The van der Waals surface area contributed by atoms with Gasteiger partial charge in [0.25, 0.3) is 0 Å². The predicted octanol–water partition coefficient (Wildman–Crippen LogP) is -9.48. The van der Waals surface area contributed by atoms with Crippen molar-refractivity contribution in [2.24, 2.45) is 22.9 Å². The van der Waals surface area contributed by atoms with E-state index in [9.17, 15) is 0 Å². The van der Waals surface area contributed by atoms with Gasteiger partial charge in [0, 0.05) is 12.1 Å². The minimum Gasteiger partial charge on any atom is -1.00 e. The molecule has 1 fully saturated rings. The van der Waals surface area contributed by atoms with E-state index in [2.05, 4.69) is 0 Å². The molecule has 0 spiro atoms. The van der Waals surface area contributed by atoms with Crippen LogP contribution >= 0.6 is 0 Å². The summed E-state index contributed by atoms with van der Waals surface area (Å²) < 4.78 is 0. The van der Waals surface area contributed by atoms with Crippen LogP contribution in [0.4, 0.5) is 0 Å². The number of halogens is 3. The van der Waals surface area contributed by atoms with Crippen LogP contribution in [0, 0.1) is 0 Å². The minimum atomic E-state index is 0. The molecule has 0 bridgehead atoms. The van der Waals surface area contributed by atoms with Crippen molar-refractivity contribution >= 4 is 0 Å². The fraction of sp³-hybridized carbons (Fsp3) is 1.00. The van der Waals surface area contributed by atoms with Gasteiger partial charge >= 0.3 is 22.4 Å². The molecule has 17 heavy (non-hydrogen) atoms. The molecule has 8 heteroatoms. The third-order valence-corrected chi connectivity index (χ3v) is 2.28. The summed E-state index contributed by atoms with van der Waals surface area (Å²) in [4.78, 5) is 0. The Bertz CT molecular complexity index is 112. The van der Waals surface area contributed by atoms with Crippen LogP contribution in [0.3, 0.4) is 0 Å². The molecule has 0 amide bonds. The summed E-state index contributed by atoms with van der Waals surface area (Å²) in [6.07, 6.45) is 5.74. The predicted molar refractivity (Wildman–Crippen MR) is 57.1 cm³/mol. The Kier molecular flexibility index (Phi) is 41.3. The molecule has 112 valence electrons. The Morgan fingerprint density at radius 3 is 1.18 bits per heavy atom. The van der Waals surface area contributed by atoms with Crippen molar-refractivity contribution in [1.29, 1.82) is 0 Å². The zero-order chi connectivity index (χ0) is 10.1. The molecule has 0 heterocycles. The second-order valence-corrected chi connectivity index (χ2v) is 3.54. The number of hydrogen-bond acceptors (Lipinski definition) is 4. The Labute approximate surface area is 139 Å². The van der Waals surface area contributed by atoms with Gasteiger partial charge in [-0.05, 0) is 32.4 Å². The topological polar surface area (TPSA) is 104 Å². The molecule has 1 aliphatic carbocycles. The monoisotopic (exact) mass is 490 g/mol. The van der Waals surface area contributed by atoms with E-state index in [4.69, 9.17) is 22.9 Å². The van der Waals surface area contributed by atoms with Crippen LogP contribution in [0.2, 0.25) is 0 Å². The number of hydrogen-bond donors (Lipinski definition) is 4. The molecule has 1 saturated carbocycles. The van der Waals surface area contributed by atoms with Crippen molar-refractivity contribution in [3.63, 3.8) is 0 Å². The fourth-order valence-electron chi connectivity index (χ4n) is 1.31. The second kappa shape index (κ2) is 22.6. The average Bonchev–Trinajstić information content (AvgIpc) is 2.13. The first kappa shape index (κ1) is 31.1. The normalized spacial score (nSPS) is 21.2. The van der Waals surface area contributed by atoms with Crippen LogP contribution in [0.1, 0.15) is 32.1 Å². The van der Waals surface area contributed by atoms with E-state index in [1.807, 2.05) is 0 Å². The standard InChI is InChI=1S/C6H14N2.C3H10N2.Au.3ClH/c7-5-3-1-2-4-6(5)8;4-2-1-3-5;;;;/h5-6H,1-4,7-8H2;1-5H2;;3*1H/q;;+3;;;/p-3/t5-,6-;;;;;/m0...../s1. The van der Waals surface area contributed by atoms with Crippen LogP contribution in [-0.2, 0) is 22.4 Å². The van der Waals surface area contributed by atoms with Crippen LogP contribution in [0.15, 0.2) is 0 Å². The van der Waals surface area contributed by atoms with Gasteiger partial charge in [0.15, 0.2) is 0 Å². The molecule has 2 atom stereocenters. The molecule has 1 aliphatic rings. The Balaban J connectivity index is -0.0000000489. The van der Waals surface area contributed by atoms with Crippen molar-refractivity contribution < 1.29 is 59.6 Å². The summed E-state index contributed by atoms with van der Waals surface area (Å²) >= 11 is 0. The Morgan fingerprint density at radius 1 is 0.765 bits per heavy atom. The Hall–Kier alpha value is 1.45. The SMILES string of the molecule is NCCCN.N[C@H]1CCCC[C@@H]1N.[Au+3].[Cl-].[Cl-].[Cl-]. The summed E-state index contributed by atoms with van der Waals surface area (Å²) in [6, 6.07) is 0.562. The first-order valence-electron chi connectivity index (χ1n) is 5.13. The summed E-state index contributed by atoms with van der Waals surface area (Å²) in [7, 11) is 0. The van der Waals surface area contributed by atoms with Gasteiger partial charge in [-0.15, -0.1) is 0 Å². The first-order chi connectivity index (χ1) is 6.22. The quantitative estimate of drug-likeness (QED) is 0.288. The zero-order valence-electron chi connectivity index (χ0n) is 9.85. The summed E-state index contributed by atoms with van der Waals surface area (Å²) in [5.74, 6) is 0. The third kappa shape index (κ3) is 19.9. The molecule has 0 aromatic rings. The van der Waals surface area contributed by atoms with Gasteiger partial charge in [0.1, 0.15) is 0 Å². The van der Waals surface area contributed by atoms with Crippen LogP contribution < -0.4 is 60.2 Å². The maximum atomic E-state index is 5.65. The van der Waals surface area contributed by atoms with Crippen LogP contribution in [0.25, 0.3) is 0 Å². The van der Waals surface area contributed by atoms with Crippen molar-refractivity contribution in [2.45, 2.75) is 44.2 Å². The van der Waals surface area contributed by atoms with E-state index in [-0.39, 0.29) is 71.7 Å². The molecular formula is C9H24AuCl3N4. The zero-order valence-corrected chi connectivity index (χ0v) is 14.3. The number of nitrogens with two attached hydrogens (primary N) is 4. The van der Waals surface area contributed by atoms with E-state index in [1.54, 1.807) is 0 Å². The average molecular weight is 492 g/mol. The molecule has 0 unspecified atom stereocenters. The summed E-state index contributed by atoms with van der Waals surface area (Å²) in [5, 5.41) is 0. The van der Waals surface area contributed by atoms with Crippen LogP contribution in [0.5, 0.6) is 0 Å². The number of rotatable bonds is 2. The maximum absolute atomic E-state index is 5.65. The summed E-state index contributed by atoms with van der Waals surface area (Å²) in [6.45, 7) is 1.44. The Morgan fingerprint density at radius 2 is 1.06 bits per heavy atom. The molecule has 4 nitrogen and oxygen atoms in total. The first-order valence-corrected chi connectivity index (χ1v) is 5.13. The molecule has 0 aliphatic heterocycles. The third-order valence-electron chi connectivity index (χ3n) is 2.28. The second-order valence-electron chi connectivity index (χ2n) is 3.54. The molecule has 0 aromatic carbocycles. The van der Waals surface area contributed by atoms with Gasteiger partial charge in [-0.2, -0.15) is 0 Å². The van der Waals surface area contributed by atoms with Gasteiger partial charge < -0.3 is 60.2 Å².